The lowest BCUT2D eigenvalue weighted by Crippen LogP contribution is -2.33. The second-order valence-corrected chi connectivity index (χ2v) is 7.60. The van der Waals surface area contributed by atoms with Crippen molar-refractivity contribution in [2.75, 3.05) is 25.1 Å². The number of hydrogen-bond acceptors (Lipinski definition) is 8. The molecule has 1 fully saturated rings. The van der Waals surface area contributed by atoms with Crippen LogP contribution in [0.5, 0.6) is 5.75 Å². The van der Waals surface area contributed by atoms with E-state index in [1.165, 1.54) is 0 Å². The van der Waals surface area contributed by atoms with E-state index in [2.05, 4.69) is 26.1 Å². The minimum atomic E-state index is 0.160. The summed E-state index contributed by atoms with van der Waals surface area (Å²) in [6, 6.07) is 19.3. The van der Waals surface area contributed by atoms with Gasteiger partial charge in [-0.2, -0.15) is 15.2 Å². The fraction of sp³-hybridized carbons (Fsp3) is 0.250. The third-order valence-electron chi connectivity index (χ3n) is 5.66. The Morgan fingerprint density at radius 1 is 1.00 bits per heavy atom. The van der Waals surface area contributed by atoms with Crippen molar-refractivity contribution >= 4 is 5.88 Å². The molecule has 0 aliphatic carbocycles. The first-order valence-corrected chi connectivity index (χ1v) is 10.4. The summed E-state index contributed by atoms with van der Waals surface area (Å²) in [4.78, 5) is 11.1. The first kappa shape index (κ1) is 19.8. The SMILES string of the molecule is COc1ccc(-c2noc(C3CCN(c4oc(-c5ccccc5)nc4C#N)CC3)n2)cc1. The van der Waals surface area contributed by atoms with Gasteiger partial charge in [-0.05, 0) is 49.2 Å². The van der Waals surface area contributed by atoms with Gasteiger partial charge in [-0.15, -0.1) is 0 Å². The van der Waals surface area contributed by atoms with E-state index in [4.69, 9.17) is 13.7 Å². The molecule has 0 spiro atoms. The molecule has 8 heteroatoms. The van der Waals surface area contributed by atoms with E-state index in [-0.39, 0.29) is 5.92 Å². The van der Waals surface area contributed by atoms with Crippen LogP contribution in [-0.4, -0.2) is 35.3 Å². The molecule has 2 aromatic heterocycles. The number of nitriles is 1. The molecule has 1 aliphatic rings. The van der Waals surface area contributed by atoms with Gasteiger partial charge in [-0.25, -0.2) is 0 Å². The maximum atomic E-state index is 9.54. The monoisotopic (exact) mass is 427 g/mol. The van der Waals surface area contributed by atoms with E-state index in [0.717, 1.165) is 29.7 Å². The van der Waals surface area contributed by atoms with Gasteiger partial charge in [0.25, 0.3) is 0 Å². The van der Waals surface area contributed by atoms with Gasteiger partial charge >= 0.3 is 0 Å². The Kier molecular flexibility index (Phi) is 5.30. The molecule has 2 aromatic carbocycles. The van der Waals surface area contributed by atoms with E-state index in [1.807, 2.05) is 54.6 Å². The van der Waals surface area contributed by atoms with Crippen LogP contribution in [0, 0.1) is 11.3 Å². The molecular weight excluding hydrogens is 406 g/mol. The van der Waals surface area contributed by atoms with Crippen molar-refractivity contribution in [3.8, 4) is 34.7 Å². The second kappa shape index (κ2) is 8.55. The number of methoxy groups -OCH3 is 1. The van der Waals surface area contributed by atoms with Gasteiger partial charge in [0.1, 0.15) is 11.8 Å². The molecule has 160 valence electrons. The van der Waals surface area contributed by atoms with Crippen LogP contribution in [0.25, 0.3) is 22.8 Å². The van der Waals surface area contributed by atoms with Gasteiger partial charge in [0.15, 0.2) is 0 Å². The maximum Gasteiger partial charge on any atom is 0.235 e. The number of hydrogen-bond donors (Lipinski definition) is 0. The second-order valence-electron chi connectivity index (χ2n) is 7.60. The average Bonchev–Trinajstić information content (AvgIpc) is 3.53. The number of rotatable bonds is 5. The van der Waals surface area contributed by atoms with Crippen LogP contribution in [0.4, 0.5) is 5.88 Å². The topological polar surface area (TPSA) is 101 Å². The zero-order valence-corrected chi connectivity index (χ0v) is 17.6. The normalized spacial score (nSPS) is 14.3. The molecule has 3 heterocycles. The largest absolute Gasteiger partial charge is 0.497 e. The number of anilines is 1. The van der Waals surface area contributed by atoms with Crippen LogP contribution in [-0.2, 0) is 0 Å². The Balaban J connectivity index is 1.28. The lowest BCUT2D eigenvalue weighted by molar-refractivity contribution is 0.327. The molecule has 0 N–H and O–H groups in total. The molecule has 4 aromatic rings. The summed E-state index contributed by atoms with van der Waals surface area (Å²) >= 11 is 0. The van der Waals surface area contributed by atoms with Crippen LogP contribution < -0.4 is 9.64 Å². The molecule has 8 nitrogen and oxygen atoms in total. The van der Waals surface area contributed by atoms with E-state index >= 15 is 0 Å². The summed E-state index contributed by atoms with van der Waals surface area (Å²) in [5.74, 6) is 3.13. The van der Waals surface area contributed by atoms with E-state index < -0.39 is 0 Å². The maximum absolute atomic E-state index is 9.54. The fourth-order valence-electron chi connectivity index (χ4n) is 3.89. The molecular formula is C24H21N5O3. The van der Waals surface area contributed by atoms with Crippen molar-refractivity contribution in [3.05, 3.63) is 66.2 Å². The minimum Gasteiger partial charge on any atom is -0.497 e. The number of piperidine rings is 1. The van der Waals surface area contributed by atoms with E-state index in [0.29, 0.717) is 42.3 Å². The van der Waals surface area contributed by atoms with Crippen molar-refractivity contribution in [1.29, 1.82) is 5.26 Å². The number of benzene rings is 2. The van der Waals surface area contributed by atoms with Crippen molar-refractivity contribution in [2.24, 2.45) is 0 Å². The van der Waals surface area contributed by atoms with E-state index in [9.17, 15) is 5.26 Å². The predicted octanol–water partition coefficient (Wildman–Crippen LogP) is 4.66. The summed E-state index contributed by atoms with van der Waals surface area (Å²) in [5.41, 5.74) is 2.04. The van der Waals surface area contributed by atoms with Gasteiger partial charge in [-0.1, -0.05) is 23.4 Å². The van der Waals surface area contributed by atoms with Crippen LogP contribution in [0.3, 0.4) is 0 Å². The molecule has 0 unspecified atom stereocenters. The molecule has 1 saturated heterocycles. The zero-order chi connectivity index (χ0) is 21.9. The summed E-state index contributed by atoms with van der Waals surface area (Å²) in [7, 11) is 1.63. The molecule has 0 saturated carbocycles. The Labute approximate surface area is 185 Å². The quantitative estimate of drug-likeness (QED) is 0.453. The number of ether oxygens (including phenoxy) is 1. The van der Waals surface area contributed by atoms with Crippen molar-refractivity contribution in [3.63, 3.8) is 0 Å². The highest BCUT2D eigenvalue weighted by Crippen LogP contribution is 2.34. The van der Waals surface area contributed by atoms with E-state index in [1.54, 1.807) is 7.11 Å². The first-order valence-electron chi connectivity index (χ1n) is 10.4. The Morgan fingerprint density at radius 3 is 2.44 bits per heavy atom. The summed E-state index contributed by atoms with van der Waals surface area (Å²) < 4.78 is 16.7. The Bertz CT molecular complexity index is 1230. The van der Waals surface area contributed by atoms with Gasteiger partial charge in [-0.3, -0.25) is 0 Å². The standard InChI is InChI=1S/C24H21N5O3/c1-30-19-9-7-16(8-10-19)21-27-23(32-28-21)18-11-13-29(14-12-18)24-20(15-25)26-22(31-24)17-5-3-2-4-6-17/h2-10,18H,11-14H2,1H3. The highest BCUT2D eigenvalue weighted by Gasteiger charge is 2.29. The molecule has 5 rings (SSSR count). The first-order chi connectivity index (χ1) is 15.7. The lowest BCUT2D eigenvalue weighted by Gasteiger charge is -2.29. The summed E-state index contributed by atoms with van der Waals surface area (Å²) in [6.07, 6.45) is 1.63. The van der Waals surface area contributed by atoms with Gasteiger partial charge in [0.05, 0.1) is 7.11 Å². The molecule has 0 radical (unpaired) electrons. The minimum absolute atomic E-state index is 0.160. The highest BCUT2D eigenvalue weighted by atomic mass is 16.5. The molecule has 0 atom stereocenters. The van der Waals surface area contributed by atoms with Crippen LogP contribution in [0.2, 0.25) is 0 Å². The summed E-state index contributed by atoms with van der Waals surface area (Å²) in [6.45, 7) is 1.42. The smallest absolute Gasteiger partial charge is 0.235 e. The fourth-order valence-corrected chi connectivity index (χ4v) is 3.89. The van der Waals surface area contributed by atoms with Crippen molar-refractivity contribution in [2.45, 2.75) is 18.8 Å². The van der Waals surface area contributed by atoms with Crippen LogP contribution in [0.1, 0.15) is 30.3 Å². The van der Waals surface area contributed by atoms with Gasteiger partial charge in [0.2, 0.25) is 29.2 Å². The Morgan fingerprint density at radius 2 is 1.75 bits per heavy atom. The summed E-state index contributed by atoms with van der Waals surface area (Å²) in [5, 5.41) is 13.7. The molecule has 0 amide bonds. The molecule has 0 bridgehead atoms. The predicted molar refractivity (Wildman–Crippen MR) is 117 cm³/mol. The van der Waals surface area contributed by atoms with Crippen LogP contribution in [0.15, 0.2) is 63.5 Å². The average molecular weight is 427 g/mol. The van der Waals surface area contributed by atoms with Gasteiger partial charge in [0, 0.05) is 30.1 Å². The highest BCUT2D eigenvalue weighted by molar-refractivity contribution is 5.59. The van der Waals surface area contributed by atoms with Gasteiger partial charge < -0.3 is 18.6 Å². The number of aromatic nitrogens is 3. The lowest BCUT2D eigenvalue weighted by atomic mass is 9.97. The van der Waals surface area contributed by atoms with Crippen LogP contribution >= 0.6 is 0 Å². The third kappa shape index (κ3) is 3.81. The number of nitrogens with zero attached hydrogens (tertiary/aromatic N) is 5. The Hall–Kier alpha value is -4.12. The van der Waals surface area contributed by atoms with Crippen molar-refractivity contribution < 1.29 is 13.7 Å². The number of oxazole rings is 1. The molecule has 32 heavy (non-hydrogen) atoms. The third-order valence-corrected chi connectivity index (χ3v) is 5.66. The zero-order valence-electron chi connectivity index (χ0n) is 17.6. The van der Waals surface area contributed by atoms with Crippen molar-refractivity contribution in [1.82, 2.24) is 15.1 Å². The molecule has 1 aliphatic heterocycles.